The van der Waals surface area contributed by atoms with E-state index in [1.807, 2.05) is 60.7 Å². The SMILES string of the molecule is O=C1OC(=O)[C@H]2C(c3ccccc3)CCC(c3ccccc3)[C@@H]12. The molecule has 2 aromatic carbocycles. The molecule has 4 rings (SSSR count). The van der Waals surface area contributed by atoms with Crippen LogP contribution in [0.25, 0.3) is 0 Å². The maximum Gasteiger partial charge on any atom is 0.318 e. The number of cyclic esters (lactones) is 2. The lowest BCUT2D eigenvalue weighted by molar-refractivity contribution is -0.153. The topological polar surface area (TPSA) is 43.4 Å². The molecule has 0 amide bonds. The van der Waals surface area contributed by atoms with Crippen LogP contribution in [0.5, 0.6) is 0 Å². The van der Waals surface area contributed by atoms with Gasteiger partial charge in [-0.3, -0.25) is 9.59 Å². The normalized spacial score (nSPS) is 29.9. The van der Waals surface area contributed by atoms with E-state index in [1.54, 1.807) is 0 Å². The Labute approximate surface area is 135 Å². The van der Waals surface area contributed by atoms with Crippen molar-refractivity contribution in [3.05, 3.63) is 71.8 Å². The minimum Gasteiger partial charge on any atom is -0.393 e. The van der Waals surface area contributed by atoms with Gasteiger partial charge in [0.1, 0.15) is 0 Å². The molecule has 4 atom stereocenters. The van der Waals surface area contributed by atoms with E-state index in [9.17, 15) is 9.59 Å². The molecule has 0 aromatic heterocycles. The fraction of sp³-hybridized carbons (Fsp3) is 0.300. The summed E-state index contributed by atoms with van der Waals surface area (Å²) in [5.41, 5.74) is 2.25. The Kier molecular flexibility index (Phi) is 3.49. The van der Waals surface area contributed by atoms with E-state index in [4.69, 9.17) is 4.74 Å². The van der Waals surface area contributed by atoms with Gasteiger partial charge in [-0.15, -0.1) is 0 Å². The zero-order valence-corrected chi connectivity index (χ0v) is 12.7. The van der Waals surface area contributed by atoms with Crippen molar-refractivity contribution in [2.24, 2.45) is 11.8 Å². The van der Waals surface area contributed by atoms with Crippen molar-refractivity contribution in [1.29, 1.82) is 0 Å². The standard InChI is InChI=1S/C20H18O3/c21-19-17-15(13-7-3-1-4-8-13)11-12-16(18(17)20(22)23-19)14-9-5-2-6-10-14/h1-10,15-18H,11-12H2/t15?,16?,17-,18+. The molecule has 0 bridgehead atoms. The van der Waals surface area contributed by atoms with Gasteiger partial charge in [-0.1, -0.05) is 60.7 Å². The predicted octanol–water partition coefficient (Wildman–Crippen LogP) is 3.66. The maximum absolute atomic E-state index is 12.3. The fourth-order valence-corrected chi connectivity index (χ4v) is 4.22. The minimum atomic E-state index is -0.358. The quantitative estimate of drug-likeness (QED) is 0.628. The van der Waals surface area contributed by atoms with Crippen LogP contribution in [-0.4, -0.2) is 11.9 Å². The molecule has 1 saturated heterocycles. The molecule has 0 radical (unpaired) electrons. The highest BCUT2D eigenvalue weighted by molar-refractivity contribution is 5.97. The first-order valence-corrected chi connectivity index (χ1v) is 8.11. The Balaban J connectivity index is 1.73. The summed E-state index contributed by atoms with van der Waals surface area (Å²) in [5.74, 6) is -1.28. The number of fused-ring (bicyclic) bond motifs is 1. The first-order valence-electron chi connectivity index (χ1n) is 8.11. The number of carbonyl (C=O) groups excluding carboxylic acids is 2. The lowest BCUT2D eigenvalue weighted by Gasteiger charge is -2.36. The summed E-state index contributed by atoms with van der Waals surface area (Å²) in [5, 5.41) is 0. The van der Waals surface area contributed by atoms with Crippen LogP contribution in [0.4, 0.5) is 0 Å². The van der Waals surface area contributed by atoms with Crippen molar-refractivity contribution in [3.8, 4) is 0 Å². The third kappa shape index (κ3) is 2.37. The molecule has 0 spiro atoms. The van der Waals surface area contributed by atoms with Crippen LogP contribution in [0.2, 0.25) is 0 Å². The average molecular weight is 306 g/mol. The lowest BCUT2D eigenvalue weighted by Crippen LogP contribution is -2.34. The van der Waals surface area contributed by atoms with E-state index in [1.165, 1.54) is 0 Å². The average Bonchev–Trinajstić information content (AvgIpc) is 2.91. The number of rotatable bonds is 2. The molecule has 2 unspecified atom stereocenters. The van der Waals surface area contributed by atoms with Crippen molar-refractivity contribution in [2.45, 2.75) is 24.7 Å². The van der Waals surface area contributed by atoms with Crippen LogP contribution in [0.15, 0.2) is 60.7 Å². The van der Waals surface area contributed by atoms with Crippen LogP contribution < -0.4 is 0 Å². The van der Waals surface area contributed by atoms with E-state index in [-0.39, 0.29) is 35.6 Å². The Morgan fingerprint density at radius 3 is 1.43 bits per heavy atom. The first kappa shape index (κ1) is 14.2. The van der Waals surface area contributed by atoms with E-state index >= 15 is 0 Å². The molecule has 0 N–H and O–H groups in total. The number of benzene rings is 2. The molecule has 1 aliphatic carbocycles. The Bertz CT molecular complexity index is 660. The van der Waals surface area contributed by atoms with Gasteiger partial charge in [0.2, 0.25) is 0 Å². The second-order valence-corrected chi connectivity index (χ2v) is 6.40. The number of hydrogen-bond acceptors (Lipinski definition) is 3. The third-order valence-corrected chi connectivity index (χ3v) is 5.24. The summed E-state index contributed by atoms with van der Waals surface area (Å²) in [6.07, 6.45) is 1.79. The van der Waals surface area contributed by atoms with Crippen LogP contribution in [0, 0.1) is 11.8 Å². The maximum atomic E-state index is 12.3. The Morgan fingerprint density at radius 2 is 1.04 bits per heavy atom. The van der Waals surface area contributed by atoms with Gasteiger partial charge < -0.3 is 4.74 Å². The van der Waals surface area contributed by atoms with Gasteiger partial charge in [0, 0.05) is 0 Å². The highest BCUT2D eigenvalue weighted by Crippen LogP contribution is 2.51. The zero-order valence-electron chi connectivity index (χ0n) is 12.7. The van der Waals surface area contributed by atoms with E-state index in [0.717, 1.165) is 24.0 Å². The molecular weight excluding hydrogens is 288 g/mol. The summed E-state index contributed by atoms with van der Waals surface area (Å²) in [7, 11) is 0. The Morgan fingerprint density at radius 1 is 0.652 bits per heavy atom. The summed E-state index contributed by atoms with van der Waals surface area (Å²) >= 11 is 0. The van der Waals surface area contributed by atoms with Gasteiger partial charge in [-0.2, -0.15) is 0 Å². The van der Waals surface area contributed by atoms with Crippen molar-refractivity contribution < 1.29 is 14.3 Å². The molecule has 23 heavy (non-hydrogen) atoms. The monoisotopic (exact) mass is 306 g/mol. The molecule has 3 nitrogen and oxygen atoms in total. The number of hydrogen-bond donors (Lipinski definition) is 0. The van der Waals surface area contributed by atoms with Crippen molar-refractivity contribution in [1.82, 2.24) is 0 Å². The zero-order chi connectivity index (χ0) is 15.8. The van der Waals surface area contributed by atoms with E-state index in [0.29, 0.717) is 0 Å². The van der Waals surface area contributed by atoms with Crippen molar-refractivity contribution in [2.75, 3.05) is 0 Å². The van der Waals surface area contributed by atoms with Gasteiger partial charge in [-0.05, 0) is 35.8 Å². The highest BCUT2D eigenvalue weighted by Gasteiger charge is 2.54. The lowest BCUT2D eigenvalue weighted by atomic mass is 9.64. The molecule has 2 aliphatic rings. The molecule has 1 aliphatic heterocycles. The molecule has 3 heteroatoms. The second kappa shape index (κ2) is 5.65. The smallest absolute Gasteiger partial charge is 0.318 e. The number of carbonyl (C=O) groups is 2. The van der Waals surface area contributed by atoms with Gasteiger partial charge in [0.25, 0.3) is 0 Å². The molecule has 2 aromatic rings. The van der Waals surface area contributed by atoms with Gasteiger partial charge >= 0.3 is 11.9 Å². The summed E-state index contributed by atoms with van der Waals surface area (Å²) in [6, 6.07) is 20.0. The first-order chi connectivity index (χ1) is 11.3. The predicted molar refractivity (Wildman–Crippen MR) is 85.7 cm³/mol. The third-order valence-electron chi connectivity index (χ3n) is 5.24. The van der Waals surface area contributed by atoms with Crippen LogP contribution in [-0.2, 0) is 14.3 Å². The Hall–Kier alpha value is -2.42. The number of esters is 2. The second-order valence-electron chi connectivity index (χ2n) is 6.40. The summed E-state index contributed by atoms with van der Waals surface area (Å²) < 4.78 is 5.03. The summed E-state index contributed by atoms with van der Waals surface area (Å²) in [4.78, 5) is 24.7. The van der Waals surface area contributed by atoms with Crippen molar-refractivity contribution in [3.63, 3.8) is 0 Å². The summed E-state index contributed by atoms with van der Waals surface area (Å²) in [6.45, 7) is 0. The van der Waals surface area contributed by atoms with Gasteiger partial charge in [0.15, 0.2) is 0 Å². The molecule has 116 valence electrons. The largest absolute Gasteiger partial charge is 0.393 e. The highest BCUT2D eigenvalue weighted by atomic mass is 16.6. The van der Waals surface area contributed by atoms with E-state index < -0.39 is 0 Å². The molecule has 1 heterocycles. The minimum absolute atomic E-state index is 0.0695. The van der Waals surface area contributed by atoms with E-state index in [2.05, 4.69) is 0 Å². The molecular formula is C20H18O3. The fourth-order valence-electron chi connectivity index (χ4n) is 4.22. The van der Waals surface area contributed by atoms with Crippen molar-refractivity contribution >= 4 is 11.9 Å². The van der Waals surface area contributed by atoms with Gasteiger partial charge in [-0.25, -0.2) is 0 Å². The van der Waals surface area contributed by atoms with Gasteiger partial charge in [0.05, 0.1) is 11.8 Å². The number of ether oxygens (including phenoxy) is 1. The molecule has 2 fully saturated rings. The van der Waals surface area contributed by atoms with Crippen LogP contribution in [0.3, 0.4) is 0 Å². The van der Waals surface area contributed by atoms with Crippen LogP contribution >= 0.6 is 0 Å². The molecule has 1 saturated carbocycles. The van der Waals surface area contributed by atoms with Crippen LogP contribution in [0.1, 0.15) is 35.8 Å².